The molecule has 0 spiro atoms. The van der Waals surface area contributed by atoms with Crippen molar-refractivity contribution in [3.8, 4) is 28.3 Å². The van der Waals surface area contributed by atoms with Gasteiger partial charge in [0.25, 0.3) is 0 Å². The first-order valence-corrected chi connectivity index (χ1v) is 21.5. The molecular weight excluding hydrogens is 761 g/mol. The first-order chi connectivity index (χ1) is 29.3. The van der Waals surface area contributed by atoms with Crippen molar-refractivity contribution in [3.05, 3.63) is 158 Å². The lowest BCUT2D eigenvalue weighted by Gasteiger charge is -2.11. The smallest absolute Gasteiger partial charge is 0.236 e. The molecule has 0 amide bonds. The second kappa shape index (κ2) is 10.8. The Morgan fingerprint density at radius 1 is 0.407 bits per heavy atom. The van der Waals surface area contributed by atoms with E-state index in [0.717, 1.165) is 60.0 Å². The number of para-hydroxylation sites is 1. The van der Waals surface area contributed by atoms with Gasteiger partial charge in [-0.2, -0.15) is 0 Å². The third-order valence-electron chi connectivity index (χ3n) is 12.7. The molecule has 0 bridgehead atoms. The van der Waals surface area contributed by atoms with E-state index in [0.29, 0.717) is 5.95 Å². The molecule has 59 heavy (non-hydrogen) atoms. The van der Waals surface area contributed by atoms with Crippen LogP contribution in [0.15, 0.2) is 162 Å². The van der Waals surface area contributed by atoms with E-state index < -0.39 is 0 Å². The van der Waals surface area contributed by atoms with Gasteiger partial charge in [0.2, 0.25) is 5.95 Å². The number of fused-ring (bicyclic) bond motifs is 10. The van der Waals surface area contributed by atoms with Crippen molar-refractivity contribution >= 4 is 134 Å². The zero-order chi connectivity index (χ0) is 38.1. The number of nitrogens with zero attached hydrogens (tertiary/aromatic N) is 4. The highest BCUT2D eigenvalue weighted by atomic mass is 32.1. The summed E-state index contributed by atoms with van der Waals surface area (Å²) in [4.78, 5) is 12.0. The van der Waals surface area contributed by atoms with Gasteiger partial charge >= 0.3 is 0 Å². The van der Waals surface area contributed by atoms with Crippen molar-refractivity contribution in [1.29, 1.82) is 0 Å². The normalized spacial score (nSPS) is 12.7. The van der Waals surface area contributed by atoms with Crippen LogP contribution in [-0.2, 0) is 0 Å². The summed E-state index contributed by atoms with van der Waals surface area (Å²) >= 11 is 3.59. The molecule has 0 unspecified atom stereocenters. The van der Waals surface area contributed by atoms with Gasteiger partial charge < -0.3 is 8.82 Å². The zero-order valence-electron chi connectivity index (χ0n) is 31.0. The number of hydrogen-bond donors (Lipinski definition) is 0. The highest BCUT2D eigenvalue weighted by Crippen LogP contribution is 2.49. The van der Waals surface area contributed by atoms with Crippen LogP contribution >= 0.6 is 22.7 Å². The van der Waals surface area contributed by atoms with Crippen LogP contribution in [0.2, 0.25) is 0 Å². The summed E-state index contributed by atoms with van der Waals surface area (Å²) in [6.45, 7) is 0. The molecule has 7 heteroatoms. The molecule has 7 heterocycles. The Labute approximate surface area is 341 Å². The van der Waals surface area contributed by atoms with Gasteiger partial charge in [0.05, 0.1) is 38.7 Å². The summed E-state index contributed by atoms with van der Waals surface area (Å²) in [6, 6.07) is 57.1. The molecule has 0 fully saturated rings. The summed E-state index contributed by atoms with van der Waals surface area (Å²) in [7, 11) is 0. The van der Waals surface area contributed by atoms with Crippen LogP contribution < -0.4 is 0 Å². The number of thiophene rings is 2. The first-order valence-electron chi connectivity index (χ1n) is 19.8. The van der Waals surface area contributed by atoms with Gasteiger partial charge in [-0.05, 0) is 71.8 Å². The number of benzene rings is 8. The fraction of sp³-hybridized carbons (Fsp3) is 0. The number of aromatic nitrogens is 4. The molecule has 7 aromatic heterocycles. The SMILES string of the molecule is c1ccc2c(c1)sc1cccc(-c3ccc(-c4nc(-n5c6ccc7oc8ccc9c%10ccccc%10n%10c%11cccc5c%11c6c7c8c9%10)nc5sc6ccccc6c45)cc3)c12. The predicted octanol–water partition coefficient (Wildman–Crippen LogP) is 15.0. The maximum atomic E-state index is 6.65. The third kappa shape index (κ3) is 3.80. The maximum absolute atomic E-state index is 6.65. The molecule has 5 nitrogen and oxygen atoms in total. The quantitative estimate of drug-likeness (QED) is 0.179. The highest BCUT2D eigenvalue weighted by Gasteiger charge is 2.27. The molecular formula is C52H26N4OS2. The molecule has 0 saturated heterocycles. The largest absolute Gasteiger partial charge is 0.456 e. The van der Waals surface area contributed by atoms with Crippen LogP contribution in [0.1, 0.15) is 0 Å². The molecule has 0 saturated carbocycles. The van der Waals surface area contributed by atoms with Gasteiger partial charge in [0, 0.05) is 68.1 Å². The molecule has 0 aliphatic rings. The number of furan rings is 1. The van der Waals surface area contributed by atoms with Crippen LogP contribution in [0.3, 0.4) is 0 Å². The lowest BCUT2D eigenvalue weighted by Crippen LogP contribution is -2.02. The minimum atomic E-state index is 0.658. The average Bonchev–Trinajstić information content (AvgIpc) is 4.08. The Hall–Kier alpha value is -7.32. The Balaban J connectivity index is 1.03. The molecule has 8 aromatic carbocycles. The summed E-state index contributed by atoms with van der Waals surface area (Å²) in [5.74, 6) is 0.658. The molecule has 0 aliphatic carbocycles. The van der Waals surface area contributed by atoms with E-state index in [-0.39, 0.29) is 0 Å². The molecule has 0 aliphatic heterocycles. The molecule has 0 atom stereocenters. The Bertz CT molecular complexity index is 4250. The number of hydrogen-bond acceptors (Lipinski definition) is 5. The second-order valence-electron chi connectivity index (χ2n) is 15.6. The van der Waals surface area contributed by atoms with Gasteiger partial charge in [-0.25, -0.2) is 9.97 Å². The van der Waals surface area contributed by atoms with Crippen molar-refractivity contribution in [1.82, 2.24) is 18.9 Å². The molecule has 0 N–H and O–H groups in total. The average molecular weight is 787 g/mol. The maximum Gasteiger partial charge on any atom is 0.236 e. The number of rotatable bonds is 3. The monoisotopic (exact) mass is 786 g/mol. The van der Waals surface area contributed by atoms with E-state index in [1.54, 1.807) is 11.3 Å². The second-order valence-corrected chi connectivity index (χ2v) is 17.7. The fourth-order valence-corrected chi connectivity index (χ4v) is 12.5. The molecule has 0 radical (unpaired) electrons. The van der Waals surface area contributed by atoms with Crippen molar-refractivity contribution in [3.63, 3.8) is 0 Å². The lowest BCUT2D eigenvalue weighted by molar-refractivity contribution is 0.669. The van der Waals surface area contributed by atoms with Crippen molar-refractivity contribution in [2.75, 3.05) is 0 Å². The minimum absolute atomic E-state index is 0.658. The highest BCUT2D eigenvalue weighted by molar-refractivity contribution is 7.26. The van der Waals surface area contributed by atoms with Gasteiger partial charge in [-0.1, -0.05) is 97.1 Å². The minimum Gasteiger partial charge on any atom is -0.456 e. The van der Waals surface area contributed by atoms with Crippen LogP contribution in [-0.4, -0.2) is 18.9 Å². The van der Waals surface area contributed by atoms with E-state index in [4.69, 9.17) is 14.4 Å². The van der Waals surface area contributed by atoms with Crippen LogP contribution in [0.4, 0.5) is 0 Å². The van der Waals surface area contributed by atoms with E-state index >= 15 is 0 Å². The van der Waals surface area contributed by atoms with Crippen LogP contribution in [0.25, 0.3) is 140 Å². The van der Waals surface area contributed by atoms with Gasteiger partial charge in [-0.15, -0.1) is 22.7 Å². The van der Waals surface area contributed by atoms with Gasteiger partial charge in [0.1, 0.15) is 16.0 Å². The summed E-state index contributed by atoms with van der Waals surface area (Å²) < 4.78 is 15.2. The first kappa shape index (κ1) is 30.8. The fourth-order valence-electron chi connectivity index (χ4n) is 10.3. The van der Waals surface area contributed by atoms with Gasteiger partial charge in [-0.3, -0.25) is 4.57 Å². The van der Waals surface area contributed by atoms with Crippen molar-refractivity contribution in [2.45, 2.75) is 0 Å². The summed E-state index contributed by atoms with van der Waals surface area (Å²) in [5, 5.41) is 12.0. The van der Waals surface area contributed by atoms with Gasteiger partial charge in [0.15, 0.2) is 0 Å². The molecule has 15 rings (SSSR count). The standard InChI is InChI=1S/C52H26N4OS2/c1-4-13-34-30(9-1)31-23-25-39-48-47-38(57-39)26-24-37-46(47)45-35(55(34)50(31)48)14-8-15-36(45)56(37)52-53-49(44-33-11-3-6-17-41(33)59-51(44)54-52)28-21-19-27(20-22-28)29-12-7-18-42-43(29)32-10-2-5-16-40(32)58-42/h1-26H. The molecule has 15 aromatic rings. The Morgan fingerprint density at radius 3 is 1.95 bits per heavy atom. The Morgan fingerprint density at radius 2 is 1.07 bits per heavy atom. The van der Waals surface area contributed by atoms with E-state index in [1.807, 2.05) is 11.3 Å². The Kier molecular flexibility index (Phi) is 5.63. The van der Waals surface area contributed by atoms with E-state index in [2.05, 4.69) is 167 Å². The van der Waals surface area contributed by atoms with Crippen molar-refractivity contribution < 1.29 is 4.42 Å². The van der Waals surface area contributed by atoms with E-state index in [1.165, 1.54) is 74.0 Å². The van der Waals surface area contributed by atoms with E-state index in [9.17, 15) is 0 Å². The topological polar surface area (TPSA) is 48.3 Å². The summed E-state index contributed by atoms with van der Waals surface area (Å²) in [6.07, 6.45) is 0. The van der Waals surface area contributed by atoms with Crippen LogP contribution in [0, 0.1) is 0 Å². The molecule has 272 valence electrons. The predicted molar refractivity (Wildman–Crippen MR) is 249 cm³/mol. The third-order valence-corrected chi connectivity index (χ3v) is 14.9. The zero-order valence-corrected chi connectivity index (χ0v) is 32.7. The summed E-state index contributed by atoms with van der Waals surface area (Å²) in [5.41, 5.74) is 11.9. The van der Waals surface area contributed by atoms with Crippen molar-refractivity contribution in [2.24, 2.45) is 0 Å². The van der Waals surface area contributed by atoms with Crippen LogP contribution in [0.5, 0.6) is 0 Å². The lowest BCUT2D eigenvalue weighted by atomic mass is 9.97.